The number of carbonyl (C=O) groups is 1. The minimum atomic E-state index is -0.250. The maximum absolute atomic E-state index is 9.33. The third-order valence-electron chi connectivity index (χ3n) is 3.67. The van der Waals surface area contributed by atoms with Gasteiger partial charge < -0.3 is 25.2 Å². The fraction of sp³-hybridized carbons (Fsp3) is 0.462. The lowest BCUT2D eigenvalue weighted by atomic mass is 9.98. The van der Waals surface area contributed by atoms with Gasteiger partial charge in [-0.15, -0.1) is 0 Å². The quantitative estimate of drug-likeness (QED) is 0.573. The molecular formula is C13H18N4O4. The van der Waals surface area contributed by atoms with Crippen LogP contribution >= 0.6 is 0 Å². The molecule has 0 amide bonds. The molecule has 0 aromatic carbocycles. The number of nitrogens with zero attached hydrogens (tertiary/aromatic N) is 3. The van der Waals surface area contributed by atoms with E-state index in [-0.39, 0.29) is 31.5 Å². The first-order valence-corrected chi connectivity index (χ1v) is 6.57. The summed E-state index contributed by atoms with van der Waals surface area (Å²) in [6.45, 7) is 1.38. The largest absolute Gasteiger partial charge is 0.483 e. The standard InChI is InChI=1S/C12H16N4O2.CH2O2/c17-5-8-3-16(4-9(8)6-18)12-11-10(1-2-13-11)14-7-15-12;2-1-3/h1-2,7-9,13,17-18H,3-6H2;1H,(H,2,3)/t8-,9-;/m0./s1. The van der Waals surface area contributed by atoms with Gasteiger partial charge in [-0.05, 0) is 6.07 Å². The van der Waals surface area contributed by atoms with Crippen molar-refractivity contribution < 1.29 is 20.1 Å². The van der Waals surface area contributed by atoms with E-state index < -0.39 is 0 Å². The number of aromatic nitrogens is 3. The predicted octanol–water partition coefficient (Wildman–Crippen LogP) is -0.304. The van der Waals surface area contributed by atoms with E-state index in [0.29, 0.717) is 13.1 Å². The maximum Gasteiger partial charge on any atom is 0.290 e. The lowest BCUT2D eigenvalue weighted by Gasteiger charge is -2.17. The smallest absolute Gasteiger partial charge is 0.290 e. The number of hydrogen-bond donors (Lipinski definition) is 4. The number of aliphatic hydroxyl groups excluding tert-OH is 2. The number of anilines is 1. The van der Waals surface area contributed by atoms with Crippen molar-refractivity contribution in [2.24, 2.45) is 11.8 Å². The molecule has 4 N–H and O–H groups in total. The number of aromatic amines is 1. The second kappa shape index (κ2) is 7.00. The van der Waals surface area contributed by atoms with E-state index in [1.165, 1.54) is 0 Å². The number of nitrogens with one attached hydrogen (secondary N) is 1. The minimum Gasteiger partial charge on any atom is -0.483 e. The van der Waals surface area contributed by atoms with E-state index in [9.17, 15) is 10.2 Å². The highest BCUT2D eigenvalue weighted by molar-refractivity contribution is 5.85. The molecule has 114 valence electrons. The summed E-state index contributed by atoms with van der Waals surface area (Å²) in [6, 6.07) is 1.91. The van der Waals surface area contributed by atoms with Crippen LogP contribution in [0.5, 0.6) is 0 Å². The van der Waals surface area contributed by atoms with Gasteiger partial charge >= 0.3 is 0 Å². The molecule has 1 aliphatic heterocycles. The molecule has 1 fully saturated rings. The van der Waals surface area contributed by atoms with Crippen molar-refractivity contribution in [3.63, 3.8) is 0 Å². The Kier molecular flexibility index (Phi) is 5.07. The predicted molar refractivity (Wildman–Crippen MR) is 75.9 cm³/mol. The highest BCUT2D eigenvalue weighted by Gasteiger charge is 2.33. The molecule has 0 radical (unpaired) electrons. The van der Waals surface area contributed by atoms with Gasteiger partial charge in [0.1, 0.15) is 11.8 Å². The van der Waals surface area contributed by atoms with Gasteiger partial charge in [0.2, 0.25) is 0 Å². The Morgan fingerprint density at radius 3 is 2.48 bits per heavy atom. The Morgan fingerprint density at radius 1 is 1.29 bits per heavy atom. The van der Waals surface area contributed by atoms with Crippen LogP contribution < -0.4 is 4.90 Å². The van der Waals surface area contributed by atoms with Gasteiger partial charge in [0.15, 0.2) is 5.82 Å². The molecule has 0 aliphatic carbocycles. The number of H-pyrrole nitrogens is 1. The second-order valence-electron chi connectivity index (χ2n) is 4.83. The van der Waals surface area contributed by atoms with Crippen LogP contribution in [0.15, 0.2) is 18.6 Å². The summed E-state index contributed by atoms with van der Waals surface area (Å²) >= 11 is 0. The van der Waals surface area contributed by atoms with Crippen molar-refractivity contribution in [2.45, 2.75) is 0 Å². The van der Waals surface area contributed by atoms with Crippen LogP contribution in [0, 0.1) is 11.8 Å². The number of rotatable bonds is 3. The van der Waals surface area contributed by atoms with Gasteiger partial charge in [-0.25, -0.2) is 9.97 Å². The third kappa shape index (κ3) is 3.11. The molecule has 21 heavy (non-hydrogen) atoms. The normalized spacial score (nSPS) is 21.1. The van der Waals surface area contributed by atoms with Crippen molar-refractivity contribution in [1.29, 1.82) is 0 Å². The van der Waals surface area contributed by atoms with Crippen molar-refractivity contribution in [3.8, 4) is 0 Å². The summed E-state index contributed by atoms with van der Waals surface area (Å²) in [5, 5.41) is 25.5. The fourth-order valence-electron chi connectivity index (χ4n) is 2.62. The summed E-state index contributed by atoms with van der Waals surface area (Å²) in [6.07, 6.45) is 3.39. The van der Waals surface area contributed by atoms with E-state index in [2.05, 4.69) is 19.9 Å². The van der Waals surface area contributed by atoms with E-state index >= 15 is 0 Å². The third-order valence-corrected chi connectivity index (χ3v) is 3.67. The number of carboxylic acid groups (broad SMARTS) is 1. The van der Waals surface area contributed by atoms with Crippen molar-refractivity contribution in [3.05, 3.63) is 18.6 Å². The zero-order valence-corrected chi connectivity index (χ0v) is 11.4. The number of fused-ring (bicyclic) bond motifs is 1. The summed E-state index contributed by atoms with van der Waals surface area (Å²) < 4.78 is 0. The molecule has 3 heterocycles. The zero-order valence-electron chi connectivity index (χ0n) is 11.4. The van der Waals surface area contributed by atoms with Crippen LogP contribution in [0.4, 0.5) is 5.82 Å². The molecule has 0 saturated carbocycles. The van der Waals surface area contributed by atoms with Crippen molar-refractivity contribution >= 4 is 23.3 Å². The van der Waals surface area contributed by atoms with Crippen LogP contribution in [-0.4, -0.2) is 63.0 Å². The monoisotopic (exact) mass is 294 g/mol. The molecule has 1 aliphatic rings. The van der Waals surface area contributed by atoms with Crippen LogP contribution in [-0.2, 0) is 4.79 Å². The van der Waals surface area contributed by atoms with Gasteiger partial charge in [0, 0.05) is 44.3 Å². The van der Waals surface area contributed by atoms with Crippen LogP contribution in [0.25, 0.3) is 11.0 Å². The van der Waals surface area contributed by atoms with Crippen molar-refractivity contribution in [1.82, 2.24) is 15.0 Å². The molecular weight excluding hydrogens is 276 g/mol. The molecule has 2 aromatic rings. The van der Waals surface area contributed by atoms with Gasteiger partial charge in [0.05, 0.1) is 5.52 Å². The summed E-state index contributed by atoms with van der Waals surface area (Å²) in [7, 11) is 0. The summed E-state index contributed by atoms with van der Waals surface area (Å²) in [5.41, 5.74) is 1.79. The van der Waals surface area contributed by atoms with E-state index in [4.69, 9.17) is 9.90 Å². The first kappa shape index (κ1) is 15.2. The molecule has 2 atom stereocenters. The lowest BCUT2D eigenvalue weighted by molar-refractivity contribution is -0.122. The van der Waals surface area contributed by atoms with Gasteiger partial charge in [-0.3, -0.25) is 4.79 Å². The average Bonchev–Trinajstić information content (AvgIpc) is 3.13. The Morgan fingerprint density at radius 2 is 1.90 bits per heavy atom. The molecule has 0 bridgehead atoms. The first-order valence-electron chi connectivity index (χ1n) is 6.57. The molecule has 0 spiro atoms. The Labute approximate surface area is 121 Å². The summed E-state index contributed by atoms with van der Waals surface area (Å²) in [4.78, 5) is 22.1. The zero-order chi connectivity index (χ0) is 15.2. The van der Waals surface area contributed by atoms with Gasteiger partial charge in [-0.1, -0.05) is 0 Å². The lowest BCUT2D eigenvalue weighted by Crippen LogP contribution is -2.22. The molecule has 1 saturated heterocycles. The molecule has 3 rings (SSSR count). The topological polar surface area (TPSA) is 123 Å². The Balaban J connectivity index is 0.000000497. The van der Waals surface area contributed by atoms with E-state index in [1.54, 1.807) is 6.33 Å². The van der Waals surface area contributed by atoms with E-state index in [1.807, 2.05) is 12.3 Å². The fourth-order valence-corrected chi connectivity index (χ4v) is 2.62. The highest BCUT2D eigenvalue weighted by Crippen LogP contribution is 2.29. The van der Waals surface area contributed by atoms with Crippen LogP contribution in [0.2, 0.25) is 0 Å². The van der Waals surface area contributed by atoms with Gasteiger partial charge in [0.25, 0.3) is 6.47 Å². The SMILES string of the molecule is O=CO.OC[C@@H]1CN(c2ncnc3cc[nH]c23)C[C@H]1CO. The molecule has 8 nitrogen and oxygen atoms in total. The second-order valence-corrected chi connectivity index (χ2v) is 4.83. The Hall–Kier alpha value is -2.19. The Bertz CT molecular complexity index is 576. The number of hydrogen-bond acceptors (Lipinski definition) is 6. The number of aliphatic hydroxyl groups is 2. The van der Waals surface area contributed by atoms with Gasteiger partial charge in [-0.2, -0.15) is 0 Å². The maximum atomic E-state index is 9.33. The summed E-state index contributed by atoms with van der Waals surface area (Å²) in [5.74, 6) is 1.06. The molecule has 0 unspecified atom stereocenters. The van der Waals surface area contributed by atoms with Crippen molar-refractivity contribution in [2.75, 3.05) is 31.2 Å². The van der Waals surface area contributed by atoms with Crippen LogP contribution in [0.1, 0.15) is 0 Å². The average molecular weight is 294 g/mol. The molecule has 2 aromatic heterocycles. The van der Waals surface area contributed by atoms with E-state index in [0.717, 1.165) is 16.9 Å². The first-order chi connectivity index (χ1) is 10.2. The highest BCUT2D eigenvalue weighted by atomic mass is 16.3. The minimum absolute atomic E-state index is 0.0979. The van der Waals surface area contributed by atoms with Crippen LogP contribution in [0.3, 0.4) is 0 Å². The molecule has 8 heteroatoms.